The van der Waals surface area contributed by atoms with E-state index in [9.17, 15) is 4.79 Å². The lowest BCUT2D eigenvalue weighted by atomic mass is 10.1. The molecular formula is C13H10N2OS. The van der Waals surface area contributed by atoms with Crippen LogP contribution in [0, 0.1) is 0 Å². The molecule has 0 aliphatic rings. The largest absolute Gasteiger partial charge is 0.301 e. The Morgan fingerprint density at radius 2 is 2.00 bits per heavy atom. The second-order valence-electron chi connectivity index (χ2n) is 3.85. The molecule has 3 aromatic rings. The Morgan fingerprint density at radius 1 is 1.24 bits per heavy atom. The van der Waals surface area contributed by atoms with Crippen LogP contribution in [0.5, 0.6) is 0 Å². The Balaban J connectivity index is 2.34. The van der Waals surface area contributed by atoms with Crippen LogP contribution < -0.4 is 5.56 Å². The van der Waals surface area contributed by atoms with Gasteiger partial charge in [-0.15, -0.1) is 11.3 Å². The summed E-state index contributed by atoms with van der Waals surface area (Å²) < 4.78 is 2.22. The predicted molar refractivity (Wildman–Crippen MR) is 70.3 cm³/mol. The fourth-order valence-electron chi connectivity index (χ4n) is 1.81. The summed E-state index contributed by atoms with van der Waals surface area (Å²) in [6.45, 7) is 0. The van der Waals surface area contributed by atoms with E-state index in [0.717, 1.165) is 16.6 Å². The molecule has 84 valence electrons. The number of nitrogens with zero attached hydrogens (tertiary/aromatic N) is 2. The summed E-state index contributed by atoms with van der Waals surface area (Å²) in [6, 6.07) is 10.0. The Morgan fingerprint density at radius 3 is 2.76 bits per heavy atom. The van der Waals surface area contributed by atoms with Crippen LogP contribution in [0.25, 0.3) is 21.3 Å². The standard InChI is InChI=1S/C13H10N2OS/c1-15-8-14-11-10(7-17-12(11)13(15)16)9-5-3-2-4-6-9/h2-8H,1H3. The minimum absolute atomic E-state index is 0.0159. The molecule has 0 aliphatic heterocycles. The number of aryl methyl sites for hydroxylation is 1. The molecule has 2 aromatic heterocycles. The molecule has 0 bridgehead atoms. The molecule has 0 fully saturated rings. The lowest BCUT2D eigenvalue weighted by Gasteiger charge is -1.99. The Kier molecular flexibility index (Phi) is 2.30. The number of fused-ring (bicyclic) bond motifs is 1. The minimum Gasteiger partial charge on any atom is -0.301 e. The van der Waals surface area contributed by atoms with Crippen molar-refractivity contribution in [3.63, 3.8) is 0 Å². The molecule has 3 nitrogen and oxygen atoms in total. The van der Waals surface area contributed by atoms with Gasteiger partial charge in [0.2, 0.25) is 0 Å². The van der Waals surface area contributed by atoms with Crippen molar-refractivity contribution in [2.45, 2.75) is 0 Å². The first-order valence-electron chi connectivity index (χ1n) is 5.25. The van der Waals surface area contributed by atoms with E-state index in [1.165, 1.54) is 15.9 Å². The van der Waals surface area contributed by atoms with Gasteiger partial charge in [-0.1, -0.05) is 30.3 Å². The zero-order valence-corrected chi connectivity index (χ0v) is 10.1. The van der Waals surface area contributed by atoms with Crippen LogP contribution in [0.4, 0.5) is 0 Å². The number of aromatic nitrogens is 2. The van der Waals surface area contributed by atoms with Crippen molar-refractivity contribution in [3.05, 3.63) is 52.4 Å². The van der Waals surface area contributed by atoms with Crippen molar-refractivity contribution in [3.8, 4) is 11.1 Å². The number of thiophene rings is 1. The fraction of sp³-hybridized carbons (Fsp3) is 0.0769. The Hall–Kier alpha value is -1.94. The molecule has 0 atom stereocenters. The molecule has 0 unspecified atom stereocenters. The lowest BCUT2D eigenvalue weighted by Crippen LogP contribution is -2.15. The van der Waals surface area contributed by atoms with Crippen LogP contribution in [0.1, 0.15) is 0 Å². The highest BCUT2D eigenvalue weighted by atomic mass is 32.1. The van der Waals surface area contributed by atoms with Crippen molar-refractivity contribution in [1.82, 2.24) is 9.55 Å². The summed E-state index contributed by atoms with van der Waals surface area (Å²) >= 11 is 1.45. The smallest absolute Gasteiger partial charge is 0.271 e. The number of hydrogen-bond donors (Lipinski definition) is 0. The normalized spacial score (nSPS) is 10.9. The lowest BCUT2D eigenvalue weighted by molar-refractivity contribution is 0.845. The summed E-state index contributed by atoms with van der Waals surface area (Å²) in [4.78, 5) is 16.3. The second-order valence-corrected chi connectivity index (χ2v) is 4.73. The molecule has 1 aromatic carbocycles. The maximum absolute atomic E-state index is 11.9. The van der Waals surface area contributed by atoms with Crippen molar-refractivity contribution in [2.24, 2.45) is 7.05 Å². The van der Waals surface area contributed by atoms with Gasteiger partial charge in [-0.2, -0.15) is 0 Å². The van der Waals surface area contributed by atoms with Gasteiger partial charge in [0.15, 0.2) is 0 Å². The van der Waals surface area contributed by atoms with Gasteiger partial charge < -0.3 is 4.57 Å². The summed E-state index contributed by atoms with van der Waals surface area (Å²) in [6.07, 6.45) is 1.57. The molecular weight excluding hydrogens is 232 g/mol. The number of benzene rings is 1. The molecule has 0 aliphatic carbocycles. The topological polar surface area (TPSA) is 34.9 Å². The molecule has 0 saturated heterocycles. The first-order valence-corrected chi connectivity index (χ1v) is 6.13. The molecule has 0 spiro atoms. The van der Waals surface area contributed by atoms with Gasteiger partial charge in [-0.3, -0.25) is 4.79 Å². The zero-order chi connectivity index (χ0) is 11.8. The Labute approximate surface area is 102 Å². The van der Waals surface area contributed by atoms with Crippen LogP contribution in [0.15, 0.2) is 46.8 Å². The molecule has 0 radical (unpaired) electrons. The second kappa shape index (κ2) is 3.82. The molecule has 0 amide bonds. The van der Waals surface area contributed by atoms with Crippen molar-refractivity contribution >= 4 is 21.6 Å². The third kappa shape index (κ3) is 1.57. The molecule has 3 rings (SSSR count). The summed E-state index contributed by atoms with van der Waals surface area (Å²) in [5.74, 6) is 0. The van der Waals surface area contributed by atoms with Crippen molar-refractivity contribution in [1.29, 1.82) is 0 Å². The SMILES string of the molecule is Cn1cnc2c(-c3ccccc3)csc2c1=O. The molecule has 2 heterocycles. The van der Waals surface area contributed by atoms with Gasteiger partial charge in [-0.25, -0.2) is 4.98 Å². The van der Waals surface area contributed by atoms with E-state index < -0.39 is 0 Å². The summed E-state index contributed by atoms with van der Waals surface area (Å²) in [5.41, 5.74) is 2.94. The first kappa shape index (κ1) is 10.2. The minimum atomic E-state index is 0.0159. The highest BCUT2D eigenvalue weighted by molar-refractivity contribution is 7.17. The maximum Gasteiger partial charge on any atom is 0.271 e. The third-order valence-corrected chi connectivity index (χ3v) is 3.68. The maximum atomic E-state index is 11.9. The van der Waals surface area contributed by atoms with E-state index in [1.54, 1.807) is 13.4 Å². The highest BCUT2D eigenvalue weighted by Gasteiger charge is 2.10. The van der Waals surface area contributed by atoms with Crippen LogP contribution >= 0.6 is 11.3 Å². The van der Waals surface area contributed by atoms with Crippen LogP contribution in [-0.2, 0) is 7.05 Å². The number of rotatable bonds is 1. The predicted octanol–water partition coefficient (Wildman–Crippen LogP) is 2.66. The summed E-state index contributed by atoms with van der Waals surface area (Å²) in [5, 5.41) is 1.99. The van der Waals surface area contributed by atoms with Crippen LogP contribution in [0.2, 0.25) is 0 Å². The monoisotopic (exact) mass is 242 g/mol. The van der Waals surface area contributed by atoms with Gasteiger partial charge in [0.05, 0.1) is 11.8 Å². The quantitative estimate of drug-likeness (QED) is 0.657. The first-order chi connectivity index (χ1) is 8.27. The van der Waals surface area contributed by atoms with Gasteiger partial charge in [-0.05, 0) is 5.56 Å². The van der Waals surface area contributed by atoms with Gasteiger partial charge >= 0.3 is 0 Å². The highest BCUT2D eigenvalue weighted by Crippen LogP contribution is 2.30. The van der Waals surface area contributed by atoms with E-state index in [4.69, 9.17) is 0 Å². The van der Waals surface area contributed by atoms with Crippen LogP contribution in [-0.4, -0.2) is 9.55 Å². The fourth-order valence-corrected chi connectivity index (χ4v) is 2.81. The molecule has 17 heavy (non-hydrogen) atoms. The van der Waals surface area contributed by atoms with E-state index in [1.807, 2.05) is 35.7 Å². The number of hydrogen-bond acceptors (Lipinski definition) is 3. The zero-order valence-electron chi connectivity index (χ0n) is 9.25. The van der Waals surface area contributed by atoms with Gasteiger partial charge in [0.25, 0.3) is 5.56 Å². The molecule has 0 saturated carbocycles. The average molecular weight is 242 g/mol. The van der Waals surface area contributed by atoms with Crippen molar-refractivity contribution in [2.75, 3.05) is 0 Å². The van der Waals surface area contributed by atoms with E-state index in [-0.39, 0.29) is 5.56 Å². The summed E-state index contributed by atoms with van der Waals surface area (Å²) in [7, 11) is 1.72. The van der Waals surface area contributed by atoms with E-state index in [0.29, 0.717) is 4.70 Å². The van der Waals surface area contributed by atoms with E-state index in [2.05, 4.69) is 4.98 Å². The van der Waals surface area contributed by atoms with Crippen LogP contribution in [0.3, 0.4) is 0 Å². The van der Waals surface area contributed by atoms with Crippen molar-refractivity contribution < 1.29 is 0 Å². The average Bonchev–Trinajstić information content (AvgIpc) is 2.79. The molecule has 0 N–H and O–H groups in total. The molecule has 4 heteroatoms. The third-order valence-electron chi connectivity index (χ3n) is 2.72. The Bertz CT molecular complexity index is 728. The van der Waals surface area contributed by atoms with Gasteiger partial charge in [0, 0.05) is 18.0 Å². The van der Waals surface area contributed by atoms with E-state index >= 15 is 0 Å². The van der Waals surface area contributed by atoms with Gasteiger partial charge in [0.1, 0.15) is 4.70 Å².